The first-order valence-corrected chi connectivity index (χ1v) is 4.23. The zero-order valence-corrected chi connectivity index (χ0v) is 7.67. The Hall–Kier alpha value is 0.170. The maximum Gasteiger partial charge on any atom is 0.170 e. The average molecular weight is 180 g/mol. The van der Waals surface area contributed by atoms with Gasteiger partial charge in [0.2, 0.25) is 0 Å². The van der Waals surface area contributed by atoms with E-state index >= 15 is 0 Å². The Morgan fingerprint density at radius 2 is 2.27 bits per heavy atom. The molecule has 1 fully saturated rings. The number of likely N-dealkylation sites (N-methyl/N-ethyl adjacent to an activating group) is 1. The first-order valence-electron chi connectivity index (χ1n) is 3.70. The van der Waals surface area contributed by atoms with E-state index in [0.29, 0.717) is 12.5 Å². The van der Waals surface area contributed by atoms with Crippen LogP contribution in [0.2, 0.25) is 0 Å². The fourth-order valence-electron chi connectivity index (χ4n) is 0.983. The van der Waals surface area contributed by atoms with Crippen molar-refractivity contribution in [1.82, 2.24) is 4.90 Å². The molecule has 0 aliphatic carbocycles. The molecule has 1 aliphatic heterocycles. The van der Waals surface area contributed by atoms with Gasteiger partial charge in [0.15, 0.2) is 6.29 Å². The van der Waals surface area contributed by atoms with Gasteiger partial charge in [-0.25, -0.2) is 0 Å². The Labute approximate surface area is 72.2 Å². The van der Waals surface area contributed by atoms with Crippen molar-refractivity contribution in [3.63, 3.8) is 0 Å². The van der Waals surface area contributed by atoms with Gasteiger partial charge >= 0.3 is 0 Å². The molecule has 1 heterocycles. The summed E-state index contributed by atoms with van der Waals surface area (Å²) >= 11 is 5.59. The molecule has 1 saturated heterocycles. The topological polar surface area (TPSA) is 21.7 Å². The molecule has 1 aliphatic rings. The summed E-state index contributed by atoms with van der Waals surface area (Å²) in [6.07, 6.45) is -0.00429. The number of ether oxygens (including phenoxy) is 2. The Morgan fingerprint density at radius 3 is 2.73 bits per heavy atom. The average Bonchev–Trinajstić information content (AvgIpc) is 2.34. The Morgan fingerprint density at radius 1 is 1.55 bits per heavy atom. The number of alkyl halides is 1. The van der Waals surface area contributed by atoms with Gasteiger partial charge in [0.1, 0.15) is 0 Å². The summed E-state index contributed by atoms with van der Waals surface area (Å²) in [5.74, 6) is 0.518. The van der Waals surface area contributed by atoms with Crippen LogP contribution >= 0.6 is 11.6 Å². The van der Waals surface area contributed by atoms with Crippen molar-refractivity contribution >= 4 is 11.6 Å². The van der Waals surface area contributed by atoms with E-state index in [4.69, 9.17) is 21.1 Å². The van der Waals surface area contributed by atoms with Crippen LogP contribution < -0.4 is 0 Å². The lowest BCUT2D eigenvalue weighted by molar-refractivity contribution is -0.0660. The molecule has 1 rings (SSSR count). The van der Waals surface area contributed by atoms with Gasteiger partial charge in [-0.1, -0.05) is 0 Å². The summed E-state index contributed by atoms with van der Waals surface area (Å²) in [7, 11) is 3.97. The number of hydrogen-bond acceptors (Lipinski definition) is 3. The van der Waals surface area contributed by atoms with Gasteiger partial charge in [-0.05, 0) is 14.1 Å². The third-order valence-electron chi connectivity index (χ3n) is 1.50. The third-order valence-corrected chi connectivity index (χ3v) is 1.84. The van der Waals surface area contributed by atoms with Gasteiger partial charge in [-0.2, -0.15) is 0 Å². The van der Waals surface area contributed by atoms with Crippen molar-refractivity contribution < 1.29 is 9.47 Å². The van der Waals surface area contributed by atoms with E-state index < -0.39 is 0 Å². The molecule has 0 saturated carbocycles. The molecule has 11 heavy (non-hydrogen) atoms. The second-order valence-corrected chi connectivity index (χ2v) is 3.25. The summed E-state index contributed by atoms with van der Waals surface area (Å²) in [5.41, 5.74) is 0. The Bertz CT molecular complexity index is 121. The largest absolute Gasteiger partial charge is 0.349 e. The minimum absolute atomic E-state index is 0.0848. The van der Waals surface area contributed by atoms with Crippen molar-refractivity contribution in [3.8, 4) is 0 Å². The summed E-state index contributed by atoms with van der Waals surface area (Å²) in [6, 6.07) is 0. The summed E-state index contributed by atoms with van der Waals surface area (Å²) in [6.45, 7) is 1.43. The zero-order chi connectivity index (χ0) is 8.27. The molecule has 0 aromatic rings. The third kappa shape index (κ3) is 2.95. The van der Waals surface area contributed by atoms with Crippen LogP contribution in [0.5, 0.6) is 0 Å². The van der Waals surface area contributed by atoms with Crippen LogP contribution in [0.25, 0.3) is 0 Å². The molecule has 2 atom stereocenters. The van der Waals surface area contributed by atoms with E-state index in [1.54, 1.807) is 0 Å². The highest BCUT2D eigenvalue weighted by Gasteiger charge is 2.25. The first kappa shape index (κ1) is 9.26. The molecular formula is C7H14ClNO2. The molecule has 0 aromatic carbocycles. The Balaban J connectivity index is 2.19. The molecule has 0 radical (unpaired) electrons. The normalized spacial score (nSPS) is 31.6. The van der Waals surface area contributed by atoms with Gasteiger partial charge in [0.25, 0.3) is 0 Å². The quantitative estimate of drug-likeness (QED) is 0.590. The zero-order valence-electron chi connectivity index (χ0n) is 6.92. The number of nitrogens with zero attached hydrogens (tertiary/aromatic N) is 1. The number of hydrogen-bond donors (Lipinski definition) is 0. The summed E-state index contributed by atoms with van der Waals surface area (Å²) < 4.78 is 10.7. The second-order valence-electron chi connectivity index (χ2n) is 2.94. The molecule has 2 unspecified atom stereocenters. The van der Waals surface area contributed by atoms with Crippen LogP contribution in [0, 0.1) is 0 Å². The standard InChI is InChI=1S/C7H14ClNO2/c1-9(2)4-7-10-5-6(3-8)11-7/h6-7H,3-5H2,1-2H3. The van der Waals surface area contributed by atoms with Crippen molar-refractivity contribution in [2.75, 3.05) is 33.1 Å². The predicted molar refractivity (Wildman–Crippen MR) is 43.9 cm³/mol. The van der Waals surface area contributed by atoms with Gasteiger partial charge in [-0.3, -0.25) is 0 Å². The SMILES string of the molecule is CN(C)CC1OCC(CCl)O1. The molecule has 0 spiro atoms. The van der Waals surface area contributed by atoms with E-state index in [1.165, 1.54) is 0 Å². The van der Waals surface area contributed by atoms with Crippen LogP contribution in [-0.4, -0.2) is 50.4 Å². The number of rotatable bonds is 3. The lowest BCUT2D eigenvalue weighted by Gasteiger charge is -2.14. The Kier molecular flexibility index (Phi) is 3.59. The minimum Gasteiger partial charge on any atom is -0.349 e. The maximum absolute atomic E-state index is 5.59. The fourth-order valence-corrected chi connectivity index (χ4v) is 1.14. The van der Waals surface area contributed by atoms with E-state index in [1.807, 2.05) is 19.0 Å². The lowest BCUT2D eigenvalue weighted by Crippen LogP contribution is -2.27. The van der Waals surface area contributed by atoms with Crippen LogP contribution in [0.15, 0.2) is 0 Å². The molecule has 0 amide bonds. The van der Waals surface area contributed by atoms with E-state index in [0.717, 1.165) is 6.54 Å². The highest BCUT2D eigenvalue weighted by molar-refractivity contribution is 6.18. The van der Waals surface area contributed by atoms with Crippen molar-refractivity contribution in [1.29, 1.82) is 0 Å². The molecule has 0 aromatic heterocycles. The van der Waals surface area contributed by atoms with Crippen LogP contribution in [0.3, 0.4) is 0 Å². The van der Waals surface area contributed by atoms with Crippen molar-refractivity contribution in [2.45, 2.75) is 12.4 Å². The molecule has 0 bridgehead atoms. The maximum atomic E-state index is 5.59. The van der Waals surface area contributed by atoms with Crippen molar-refractivity contribution in [3.05, 3.63) is 0 Å². The summed E-state index contributed by atoms with van der Waals surface area (Å²) in [5, 5.41) is 0. The van der Waals surface area contributed by atoms with Gasteiger partial charge in [-0.15, -0.1) is 11.6 Å². The molecule has 4 heteroatoms. The lowest BCUT2D eigenvalue weighted by atomic mass is 10.4. The highest BCUT2D eigenvalue weighted by Crippen LogP contribution is 2.12. The van der Waals surface area contributed by atoms with E-state index in [2.05, 4.69) is 0 Å². The van der Waals surface area contributed by atoms with Gasteiger partial charge < -0.3 is 14.4 Å². The predicted octanol–water partition coefficient (Wildman–Crippen LogP) is 0.528. The first-order chi connectivity index (χ1) is 5.22. The molecule has 3 nitrogen and oxygen atoms in total. The molecular weight excluding hydrogens is 166 g/mol. The van der Waals surface area contributed by atoms with Gasteiger partial charge in [0, 0.05) is 6.54 Å². The minimum atomic E-state index is -0.0891. The molecule has 0 N–H and O–H groups in total. The van der Waals surface area contributed by atoms with Crippen molar-refractivity contribution in [2.24, 2.45) is 0 Å². The fraction of sp³-hybridized carbons (Fsp3) is 1.00. The summed E-state index contributed by atoms with van der Waals surface area (Å²) in [4.78, 5) is 2.03. The van der Waals surface area contributed by atoms with Gasteiger partial charge in [0.05, 0.1) is 18.6 Å². The van der Waals surface area contributed by atoms with E-state index in [-0.39, 0.29) is 12.4 Å². The van der Waals surface area contributed by atoms with Crippen LogP contribution in [0.1, 0.15) is 0 Å². The van der Waals surface area contributed by atoms with Crippen LogP contribution in [-0.2, 0) is 9.47 Å². The monoisotopic (exact) mass is 179 g/mol. The van der Waals surface area contributed by atoms with E-state index in [9.17, 15) is 0 Å². The van der Waals surface area contributed by atoms with Crippen LogP contribution in [0.4, 0.5) is 0 Å². The molecule has 66 valence electrons. The number of halogens is 1. The smallest absolute Gasteiger partial charge is 0.170 e. The highest BCUT2D eigenvalue weighted by atomic mass is 35.5. The second kappa shape index (κ2) is 4.26.